The lowest BCUT2D eigenvalue weighted by Gasteiger charge is -2.24. The van der Waals surface area contributed by atoms with Gasteiger partial charge in [0.15, 0.2) is 0 Å². The summed E-state index contributed by atoms with van der Waals surface area (Å²) in [5.41, 5.74) is 4.34. The number of nitrogens with zero attached hydrogens (tertiary/aromatic N) is 1. The third kappa shape index (κ3) is 15.6. The van der Waals surface area contributed by atoms with Gasteiger partial charge in [0.05, 0.1) is 27.1 Å². The minimum Gasteiger partial charge on any atom is -1.00 e. The van der Waals surface area contributed by atoms with Crippen LogP contribution >= 0.6 is 0 Å². The number of carboxylic acid groups (broad SMARTS) is 1. The average molecular weight is 478 g/mol. The normalized spacial score (nSPS) is 13.1. The lowest BCUT2D eigenvalue weighted by Crippen LogP contribution is -3.00. The molecule has 0 saturated heterocycles. The monoisotopic (exact) mass is 477 g/mol. The molecular formula is C29H48ClNO2. The standard InChI is InChI=1S/C14H24N.C10H14.C5H10O2.ClH/c1-6-12(2)14-9-7-13(8-10-14)11-15(3,4)5;1-3-9(2)10-7-5-4-6-8-10;1-3-4(2)5(6)7;/h7-10,12H,6,11H2,1-5H3;4-9H,3H2,1-2H3;4H,3H2,1-2H3,(H,6,7);1H/q+1;;;/p-1. The van der Waals surface area contributed by atoms with Crippen molar-refractivity contribution < 1.29 is 26.8 Å². The Morgan fingerprint density at radius 1 is 0.758 bits per heavy atom. The second-order valence-corrected chi connectivity index (χ2v) is 9.87. The molecule has 0 fully saturated rings. The first-order valence-electron chi connectivity index (χ1n) is 12.1. The van der Waals surface area contributed by atoms with E-state index in [1.54, 1.807) is 6.92 Å². The number of carbonyl (C=O) groups is 1. The van der Waals surface area contributed by atoms with Gasteiger partial charge < -0.3 is 22.0 Å². The summed E-state index contributed by atoms with van der Waals surface area (Å²) in [5, 5.41) is 8.18. The predicted molar refractivity (Wildman–Crippen MR) is 139 cm³/mol. The first-order valence-corrected chi connectivity index (χ1v) is 12.1. The first kappa shape index (κ1) is 33.3. The number of carboxylic acids is 1. The van der Waals surface area contributed by atoms with E-state index in [4.69, 9.17) is 5.11 Å². The van der Waals surface area contributed by atoms with Crippen LogP contribution in [0.15, 0.2) is 54.6 Å². The van der Waals surface area contributed by atoms with Crippen molar-refractivity contribution in [3.8, 4) is 0 Å². The molecule has 0 spiro atoms. The van der Waals surface area contributed by atoms with Gasteiger partial charge in [-0.1, -0.05) is 96.1 Å². The maximum Gasteiger partial charge on any atom is 0.306 e. The van der Waals surface area contributed by atoms with E-state index in [1.807, 2.05) is 6.92 Å². The van der Waals surface area contributed by atoms with Crippen molar-refractivity contribution in [1.82, 2.24) is 0 Å². The Labute approximate surface area is 210 Å². The van der Waals surface area contributed by atoms with E-state index in [-0.39, 0.29) is 18.3 Å². The van der Waals surface area contributed by atoms with Crippen molar-refractivity contribution in [3.63, 3.8) is 0 Å². The molecule has 33 heavy (non-hydrogen) atoms. The highest BCUT2D eigenvalue weighted by molar-refractivity contribution is 5.69. The van der Waals surface area contributed by atoms with Crippen LogP contribution in [0.2, 0.25) is 0 Å². The molecule has 0 saturated carbocycles. The molecule has 3 atom stereocenters. The quantitative estimate of drug-likeness (QED) is 0.558. The summed E-state index contributed by atoms with van der Waals surface area (Å²) in [6, 6.07) is 19.7. The van der Waals surface area contributed by atoms with Gasteiger partial charge in [0.1, 0.15) is 6.54 Å². The van der Waals surface area contributed by atoms with Crippen LogP contribution in [0.5, 0.6) is 0 Å². The molecule has 3 nitrogen and oxygen atoms in total. The minimum absolute atomic E-state index is 0. The van der Waals surface area contributed by atoms with Gasteiger partial charge in [-0.25, -0.2) is 0 Å². The van der Waals surface area contributed by atoms with Gasteiger partial charge in [0.25, 0.3) is 0 Å². The van der Waals surface area contributed by atoms with Crippen LogP contribution in [-0.2, 0) is 11.3 Å². The van der Waals surface area contributed by atoms with Crippen LogP contribution in [0.1, 0.15) is 89.3 Å². The van der Waals surface area contributed by atoms with Gasteiger partial charge in [0.2, 0.25) is 0 Å². The Hall–Kier alpha value is -1.84. The van der Waals surface area contributed by atoms with Crippen LogP contribution in [0.4, 0.5) is 0 Å². The topological polar surface area (TPSA) is 37.3 Å². The molecule has 0 heterocycles. The third-order valence-electron chi connectivity index (χ3n) is 5.83. The van der Waals surface area contributed by atoms with Crippen LogP contribution in [0, 0.1) is 5.92 Å². The van der Waals surface area contributed by atoms with Crippen molar-refractivity contribution in [2.75, 3.05) is 21.1 Å². The SMILES string of the molecule is CCC(C)C(=O)O.CCC(C)c1ccc(C[N+](C)(C)C)cc1.CCC(C)c1ccccc1.[Cl-]. The highest BCUT2D eigenvalue weighted by Crippen LogP contribution is 2.19. The fourth-order valence-electron chi connectivity index (χ4n) is 2.93. The van der Waals surface area contributed by atoms with Gasteiger partial charge in [-0.2, -0.15) is 0 Å². The zero-order valence-electron chi connectivity index (χ0n) is 22.4. The van der Waals surface area contributed by atoms with Crippen LogP contribution in [0.25, 0.3) is 0 Å². The molecule has 0 aliphatic rings. The minimum atomic E-state index is -0.706. The molecule has 0 bridgehead atoms. The Balaban J connectivity index is 0. The Bertz CT molecular complexity index is 738. The summed E-state index contributed by atoms with van der Waals surface area (Å²) in [5.74, 6) is 0.506. The largest absolute Gasteiger partial charge is 1.00 e. The van der Waals surface area contributed by atoms with E-state index in [9.17, 15) is 4.79 Å². The number of quaternary nitrogens is 1. The van der Waals surface area contributed by atoms with Crippen molar-refractivity contribution in [2.24, 2.45) is 5.92 Å². The molecular weight excluding hydrogens is 430 g/mol. The summed E-state index contributed by atoms with van der Waals surface area (Å²) >= 11 is 0. The lowest BCUT2D eigenvalue weighted by atomic mass is 9.97. The predicted octanol–water partition coefficient (Wildman–Crippen LogP) is 4.73. The highest BCUT2D eigenvalue weighted by Gasteiger charge is 2.09. The van der Waals surface area contributed by atoms with E-state index >= 15 is 0 Å². The van der Waals surface area contributed by atoms with Gasteiger partial charge in [-0.15, -0.1) is 0 Å². The molecule has 1 N–H and O–H groups in total. The Kier molecular flexibility index (Phi) is 17.8. The average Bonchev–Trinajstić information content (AvgIpc) is 2.78. The van der Waals surface area contributed by atoms with Crippen molar-refractivity contribution in [3.05, 3.63) is 71.3 Å². The van der Waals surface area contributed by atoms with E-state index in [1.165, 1.54) is 29.5 Å². The molecule has 2 aromatic rings. The number of hydrogen-bond donors (Lipinski definition) is 1. The molecule has 0 aromatic heterocycles. The maximum atomic E-state index is 9.93. The van der Waals surface area contributed by atoms with E-state index in [2.05, 4.69) is 103 Å². The highest BCUT2D eigenvalue weighted by atomic mass is 35.5. The zero-order chi connectivity index (χ0) is 24.7. The Morgan fingerprint density at radius 2 is 1.18 bits per heavy atom. The summed E-state index contributed by atoms with van der Waals surface area (Å²) in [7, 11) is 6.67. The van der Waals surface area contributed by atoms with Crippen molar-refractivity contribution >= 4 is 5.97 Å². The second kappa shape index (κ2) is 17.6. The molecule has 0 aliphatic heterocycles. The Morgan fingerprint density at radius 3 is 1.48 bits per heavy atom. The molecule has 4 heteroatoms. The maximum absolute atomic E-state index is 9.93. The lowest BCUT2D eigenvalue weighted by molar-refractivity contribution is -0.884. The number of benzene rings is 2. The number of rotatable bonds is 8. The summed E-state index contributed by atoms with van der Waals surface area (Å²) in [4.78, 5) is 9.93. The third-order valence-corrected chi connectivity index (χ3v) is 5.83. The number of aliphatic carboxylic acids is 1. The summed E-state index contributed by atoms with van der Waals surface area (Å²) in [6.07, 6.45) is 3.16. The second-order valence-electron chi connectivity index (χ2n) is 9.87. The van der Waals surface area contributed by atoms with E-state index in [0.717, 1.165) is 17.4 Å². The molecule has 188 valence electrons. The van der Waals surface area contributed by atoms with Gasteiger partial charge in [0, 0.05) is 5.56 Å². The molecule has 2 aromatic carbocycles. The fourth-order valence-corrected chi connectivity index (χ4v) is 2.93. The molecule has 0 radical (unpaired) electrons. The van der Waals surface area contributed by atoms with E-state index in [0.29, 0.717) is 11.8 Å². The smallest absolute Gasteiger partial charge is 0.306 e. The number of hydrogen-bond acceptors (Lipinski definition) is 1. The fraction of sp³-hybridized carbons (Fsp3) is 0.552. The molecule has 0 aliphatic carbocycles. The van der Waals surface area contributed by atoms with Crippen molar-refractivity contribution in [2.45, 2.75) is 79.2 Å². The summed E-state index contributed by atoms with van der Waals surface area (Å²) in [6.45, 7) is 13.7. The van der Waals surface area contributed by atoms with E-state index < -0.39 is 5.97 Å². The summed E-state index contributed by atoms with van der Waals surface area (Å²) < 4.78 is 0.989. The van der Waals surface area contributed by atoms with Crippen molar-refractivity contribution in [1.29, 1.82) is 0 Å². The molecule has 0 amide bonds. The van der Waals surface area contributed by atoms with Gasteiger partial charge >= 0.3 is 5.97 Å². The molecule has 3 unspecified atom stereocenters. The van der Waals surface area contributed by atoms with Crippen LogP contribution < -0.4 is 12.4 Å². The van der Waals surface area contributed by atoms with Gasteiger partial charge in [-0.05, 0) is 42.2 Å². The molecule has 2 rings (SSSR count). The van der Waals surface area contributed by atoms with Crippen LogP contribution in [0.3, 0.4) is 0 Å². The van der Waals surface area contributed by atoms with Crippen LogP contribution in [-0.4, -0.2) is 36.7 Å². The first-order chi connectivity index (χ1) is 14.9. The van der Waals surface area contributed by atoms with Gasteiger partial charge in [-0.3, -0.25) is 4.79 Å². The number of halogens is 1. The zero-order valence-corrected chi connectivity index (χ0v) is 23.2.